The van der Waals surface area contributed by atoms with Crippen LogP contribution in [0, 0.1) is 0 Å². The molecule has 0 saturated heterocycles. The van der Waals surface area contributed by atoms with Crippen LogP contribution >= 0.6 is 0 Å². The van der Waals surface area contributed by atoms with Gasteiger partial charge in [-0.15, -0.1) is 0 Å². The van der Waals surface area contributed by atoms with E-state index in [4.69, 9.17) is 14.2 Å². The van der Waals surface area contributed by atoms with E-state index in [-0.39, 0.29) is 12.2 Å². The standard InChI is InChI=1S/C24H22O5/c1-27-20-14-13-17(15-21(20)28-2)16-22(25)29-24(19-11-7-4-8-12-19)23(26)18-9-5-3-6-10-18/h3-15,24H,16H2,1-2H3/t24-/m0/s1. The molecule has 0 amide bonds. The first-order valence-corrected chi connectivity index (χ1v) is 9.17. The molecule has 0 radical (unpaired) electrons. The van der Waals surface area contributed by atoms with Crippen LogP contribution in [0.5, 0.6) is 11.5 Å². The third kappa shape index (κ3) is 5.02. The number of methoxy groups -OCH3 is 2. The zero-order chi connectivity index (χ0) is 20.6. The van der Waals surface area contributed by atoms with E-state index in [1.165, 1.54) is 7.11 Å². The average Bonchev–Trinajstić information content (AvgIpc) is 2.78. The van der Waals surface area contributed by atoms with E-state index in [2.05, 4.69) is 0 Å². The number of ether oxygens (including phenoxy) is 3. The summed E-state index contributed by atoms with van der Waals surface area (Å²) in [6, 6.07) is 23.0. The first-order chi connectivity index (χ1) is 14.1. The minimum Gasteiger partial charge on any atom is -0.493 e. The highest BCUT2D eigenvalue weighted by molar-refractivity contribution is 6.01. The molecule has 0 saturated carbocycles. The van der Waals surface area contributed by atoms with Gasteiger partial charge in [-0.25, -0.2) is 0 Å². The van der Waals surface area contributed by atoms with Crippen LogP contribution in [0.2, 0.25) is 0 Å². The van der Waals surface area contributed by atoms with Gasteiger partial charge in [0.05, 0.1) is 20.6 Å². The van der Waals surface area contributed by atoms with Crippen LogP contribution in [0.15, 0.2) is 78.9 Å². The number of benzene rings is 3. The van der Waals surface area contributed by atoms with E-state index in [0.29, 0.717) is 28.2 Å². The van der Waals surface area contributed by atoms with Crippen molar-refractivity contribution in [1.82, 2.24) is 0 Å². The summed E-state index contributed by atoms with van der Waals surface area (Å²) >= 11 is 0. The summed E-state index contributed by atoms with van der Waals surface area (Å²) in [7, 11) is 3.08. The van der Waals surface area contributed by atoms with Crippen molar-refractivity contribution < 1.29 is 23.8 Å². The number of Topliss-reactive ketones (excluding diaryl/α,β-unsaturated/α-hetero) is 1. The molecule has 0 aromatic heterocycles. The number of rotatable bonds is 8. The first-order valence-electron chi connectivity index (χ1n) is 9.17. The lowest BCUT2D eigenvalue weighted by atomic mass is 10.00. The second kappa shape index (κ2) is 9.55. The Morgan fingerprint density at radius 2 is 1.41 bits per heavy atom. The number of carbonyl (C=O) groups is 2. The zero-order valence-corrected chi connectivity index (χ0v) is 16.3. The molecule has 29 heavy (non-hydrogen) atoms. The normalized spacial score (nSPS) is 11.4. The Kier molecular flexibility index (Phi) is 6.63. The second-order valence-corrected chi connectivity index (χ2v) is 6.38. The highest BCUT2D eigenvalue weighted by Crippen LogP contribution is 2.28. The molecule has 0 spiro atoms. The molecule has 0 aliphatic rings. The highest BCUT2D eigenvalue weighted by atomic mass is 16.5. The molecule has 3 rings (SSSR count). The average molecular weight is 390 g/mol. The van der Waals surface area contributed by atoms with Gasteiger partial charge in [-0.2, -0.15) is 0 Å². The van der Waals surface area contributed by atoms with Crippen LogP contribution in [0.4, 0.5) is 0 Å². The summed E-state index contributed by atoms with van der Waals surface area (Å²) < 4.78 is 16.1. The van der Waals surface area contributed by atoms with E-state index in [1.807, 2.05) is 24.3 Å². The SMILES string of the molecule is COc1ccc(CC(=O)O[C@H](C(=O)c2ccccc2)c2ccccc2)cc1OC. The van der Waals surface area contributed by atoms with Crippen molar-refractivity contribution >= 4 is 11.8 Å². The van der Waals surface area contributed by atoms with Gasteiger partial charge >= 0.3 is 5.97 Å². The van der Waals surface area contributed by atoms with Crippen LogP contribution in [0.3, 0.4) is 0 Å². The third-order valence-corrected chi connectivity index (χ3v) is 4.44. The zero-order valence-electron chi connectivity index (χ0n) is 16.3. The summed E-state index contributed by atoms with van der Waals surface area (Å²) in [4.78, 5) is 25.6. The maximum atomic E-state index is 13.0. The number of ketones is 1. The molecule has 0 unspecified atom stereocenters. The Labute approximate surface area is 169 Å². The Morgan fingerprint density at radius 3 is 2.03 bits per heavy atom. The lowest BCUT2D eigenvalue weighted by Gasteiger charge is -2.18. The fraction of sp³-hybridized carbons (Fsp3) is 0.167. The monoisotopic (exact) mass is 390 g/mol. The fourth-order valence-electron chi connectivity index (χ4n) is 2.98. The van der Waals surface area contributed by atoms with Crippen molar-refractivity contribution in [2.24, 2.45) is 0 Å². The molecule has 5 nitrogen and oxygen atoms in total. The van der Waals surface area contributed by atoms with Crippen LogP contribution < -0.4 is 9.47 Å². The molecule has 3 aromatic rings. The van der Waals surface area contributed by atoms with Gasteiger partial charge < -0.3 is 14.2 Å². The smallest absolute Gasteiger partial charge is 0.311 e. The third-order valence-electron chi connectivity index (χ3n) is 4.44. The van der Waals surface area contributed by atoms with E-state index >= 15 is 0 Å². The lowest BCUT2D eigenvalue weighted by molar-refractivity contribution is -0.146. The fourth-order valence-corrected chi connectivity index (χ4v) is 2.98. The molecule has 5 heteroatoms. The van der Waals surface area contributed by atoms with Gasteiger partial charge in [0.2, 0.25) is 5.78 Å². The molecular weight excluding hydrogens is 368 g/mol. The molecule has 3 aromatic carbocycles. The Balaban J connectivity index is 1.81. The molecule has 0 N–H and O–H groups in total. The van der Waals surface area contributed by atoms with Crippen molar-refractivity contribution in [2.45, 2.75) is 12.5 Å². The predicted octanol–water partition coefficient (Wildman–Crippen LogP) is 4.41. The first kappa shape index (κ1) is 20.1. The van der Waals surface area contributed by atoms with Crippen molar-refractivity contribution in [3.63, 3.8) is 0 Å². The minimum absolute atomic E-state index is 0.00571. The van der Waals surface area contributed by atoms with Gasteiger partial charge in [-0.05, 0) is 17.7 Å². The summed E-state index contributed by atoms with van der Waals surface area (Å²) in [6.45, 7) is 0. The molecule has 1 atom stereocenters. The quantitative estimate of drug-likeness (QED) is 0.421. The Bertz CT molecular complexity index is 967. The predicted molar refractivity (Wildman–Crippen MR) is 109 cm³/mol. The van der Waals surface area contributed by atoms with Crippen molar-refractivity contribution in [2.75, 3.05) is 14.2 Å². The van der Waals surface area contributed by atoms with Crippen molar-refractivity contribution in [3.8, 4) is 11.5 Å². The largest absolute Gasteiger partial charge is 0.493 e. The molecule has 0 aliphatic heterocycles. The molecule has 0 fully saturated rings. The Morgan fingerprint density at radius 1 is 0.793 bits per heavy atom. The lowest BCUT2D eigenvalue weighted by Crippen LogP contribution is -2.21. The van der Waals surface area contributed by atoms with Gasteiger partial charge in [0, 0.05) is 11.1 Å². The van der Waals surface area contributed by atoms with Crippen LogP contribution in [0.25, 0.3) is 0 Å². The Hall–Kier alpha value is -3.60. The topological polar surface area (TPSA) is 61.8 Å². The van der Waals surface area contributed by atoms with Gasteiger partial charge in [0.1, 0.15) is 0 Å². The number of hydrogen-bond acceptors (Lipinski definition) is 5. The summed E-state index contributed by atoms with van der Waals surface area (Å²) in [5.41, 5.74) is 1.81. The maximum absolute atomic E-state index is 13.0. The van der Waals surface area contributed by atoms with Crippen LogP contribution in [-0.4, -0.2) is 26.0 Å². The van der Waals surface area contributed by atoms with E-state index in [0.717, 1.165) is 0 Å². The van der Waals surface area contributed by atoms with E-state index in [1.54, 1.807) is 61.7 Å². The molecular formula is C24H22O5. The maximum Gasteiger partial charge on any atom is 0.311 e. The van der Waals surface area contributed by atoms with Gasteiger partial charge in [-0.1, -0.05) is 66.7 Å². The van der Waals surface area contributed by atoms with Crippen molar-refractivity contribution in [3.05, 3.63) is 95.6 Å². The summed E-state index contributed by atoms with van der Waals surface area (Å²) in [6.07, 6.45) is -1.00. The molecule has 148 valence electrons. The number of hydrogen-bond donors (Lipinski definition) is 0. The van der Waals surface area contributed by atoms with E-state index in [9.17, 15) is 9.59 Å². The minimum atomic E-state index is -1.01. The van der Waals surface area contributed by atoms with Gasteiger partial charge in [0.15, 0.2) is 17.6 Å². The number of carbonyl (C=O) groups excluding carboxylic acids is 2. The van der Waals surface area contributed by atoms with E-state index < -0.39 is 12.1 Å². The molecule has 0 heterocycles. The number of esters is 1. The van der Waals surface area contributed by atoms with Gasteiger partial charge in [0.25, 0.3) is 0 Å². The summed E-state index contributed by atoms with van der Waals surface area (Å²) in [5.74, 6) is 0.330. The van der Waals surface area contributed by atoms with Crippen LogP contribution in [0.1, 0.15) is 27.6 Å². The van der Waals surface area contributed by atoms with Crippen molar-refractivity contribution in [1.29, 1.82) is 0 Å². The summed E-state index contributed by atoms with van der Waals surface area (Å²) in [5, 5.41) is 0. The molecule has 0 bridgehead atoms. The molecule has 0 aliphatic carbocycles. The highest BCUT2D eigenvalue weighted by Gasteiger charge is 2.26. The van der Waals surface area contributed by atoms with Gasteiger partial charge in [-0.3, -0.25) is 9.59 Å². The van der Waals surface area contributed by atoms with Crippen LogP contribution in [-0.2, 0) is 16.0 Å². The second-order valence-electron chi connectivity index (χ2n) is 6.38.